The summed E-state index contributed by atoms with van der Waals surface area (Å²) in [5.74, 6) is 6.94. The van der Waals surface area contributed by atoms with Gasteiger partial charge < -0.3 is 4.90 Å². The number of hydrogen-bond donors (Lipinski definition) is 0. The van der Waals surface area contributed by atoms with Gasteiger partial charge in [-0.15, -0.1) is 0 Å². The van der Waals surface area contributed by atoms with Gasteiger partial charge in [0.15, 0.2) is 0 Å². The normalized spacial score (nSPS) is 47.1. The third-order valence-electron chi connectivity index (χ3n) is 11.6. The summed E-state index contributed by atoms with van der Waals surface area (Å²) in [5, 5.41) is 0. The van der Waals surface area contributed by atoms with Gasteiger partial charge in [-0.1, -0.05) is 53.9 Å². The Morgan fingerprint density at radius 3 is 2.20 bits per heavy atom. The highest BCUT2D eigenvalue weighted by atomic mass is 15.1. The third-order valence-corrected chi connectivity index (χ3v) is 11.6. The lowest BCUT2D eigenvalue weighted by Crippen LogP contribution is -2.55. The molecule has 1 nitrogen and oxygen atoms in total. The molecule has 1 unspecified atom stereocenters. The molecule has 0 heterocycles. The topological polar surface area (TPSA) is 3.24 Å². The Balaban J connectivity index is 1.45. The van der Waals surface area contributed by atoms with Crippen LogP contribution in [-0.4, -0.2) is 25.0 Å². The number of hydrogen-bond acceptors (Lipinski definition) is 1. The molecule has 1 heteroatoms. The van der Waals surface area contributed by atoms with Gasteiger partial charge >= 0.3 is 0 Å². The van der Waals surface area contributed by atoms with Crippen LogP contribution in [0.3, 0.4) is 0 Å². The van der Waals surface area contributed by atoms with Crippen molar-refractivity contribution in [3.05, 3.63) is 0 Å². The lowest BCUT2D eigenvalue weighted by Gasteiger charge is -2.61. The maximum Gasteiger partial charge on any atom is 0.00922 e. The predicted molar refractivity (Wildman–Crippen MR) is 131 cm³/mol. The summed E-state index contributed by atoms with van der Waals surface area (Å²) in [5.41, 5.74) is 1.31. The fourth-order valence-corrected chi connectivity index (χ4v) is 9.73. The summed E-state index contributed by atoms with van der Waals surface area (Å²) in [7, 11) is 4.62. The lowest BCUT2D eigenvalue weighted by molar-refractivity contribution is -0.122. The zero-order valence-corrected chi connectivity index (χ0v) is 21.6. The fraction of sp³-hybridized carbons (Fsp3) is 1.00. The molecule has 174 valence electrons. The van der Waals surface area contributed by atoms with Crippen molar-refractivity contribution in [2.45, 2.75) is 118 Å². The van der Waals surface area contributed by atoms with E-state index in [1.54, 1.807) is 19.3 Å². The van der Waals surface area contributed by atoms with Crippen LogP contribution in [0.2, 0.25) is 0 Å². The van der Waals surface area contributed by atoms with Gasteiger partial charge in [0, 0.05) is 6.04 Å². The van der Waals surface area contributed by atoms with Crippen LogP contribution in [-0.2, 0) is 0 Å². The highest BCUT2D eigenvalue weighted by molar-refractivity contribution is 5.10. The van der Waals surface area contributed by atoms with Gasteiger partial charge in [0.05, 0.1) is 0 Å². The van der Waals surface area contributed by atoms with Crippen molar-refractivity contribution in [2.24, 2.45) is 52.3 Å². The first-order chi connectivity index (χ1) is 14.2. The molecule has 0 aromatic carbocycles. The average Bonchev–Trinajstić information content (AvgIpc) is 3.04. The number of rotatable bonds is 6. The quantitative estimate of drug-likeness (QED) is 0.424. The van der Waals surface area contributed by atoms with Crippen LogP contribution >= 0.6 is 0 Å². The molecule has 0 bridgehead atoms. The molecular formula is C29H53N. The minimum absolute atomic E-state index is 0.651. The van der Waals surface area contributed by atoms with E-state index in [2.05, 4.69) is 53.6 Å². The van der Waals surface area contributed by atoms with Crippen LogP contribution in [0.1, 0.15) is 112 Å². The van der Waals surface area contributed by atoms with E-state index in [1.165, 1.54) is 57.8 Å². The van der Waals surface area contributed by atoms with Gasteiger partial charge in [-0.25, -0.2) is 0 Å². The molecule has 0 radical (unpaired) electrons. The Hall–Kier alpha value is -0.0400. The van der Waals surface area contributed by atoms with E-state index in [9.17, 15) is 0 Å². The molecule has 30 heavy (non-hydrogen) atoms. The summed E-state index contributed by atoms with van der Waals surface area (Å²) < 4.78 is 0. The van der Waals surface area contributed by atoms with E-state index in [4.69, 9.17) is 0 Å². The van der Waals surface area contributed by atoms with Gasteiger partial charge in [-0.3, -0.25) is 0 Å². The van der Waals surface area contributed by atoms with Crippen LogP contribution in [0, 0.1) is 52.3 Å². The van der Waals surface area contributed by atoms with E-state index in [-0.39, 0.29) is 0 Å². The van der Waals surface area contributed by atoms with Crippen molar-refractivity contribution in [1.29, 1.82) is 0 Å². The molecule has 0 aromatic heterocycles. The Labute approximate surface area is 189 Å². The summed E-state index contributed by atoms with van der Waals surface area (Å²) in [4.78, 5) is 2.52. The van der Waals surface area contributed by atoms with Crippen LogP contribution in [0.25, 0.3) is 0 Å². The van der Waals surface area contributed by atoms with Crippen LogP contribution in [0.5, 0.6) is 0 Å². The lowest BCUT2D eigenvalue weighted by atomic mass is 9.44. The molecule has 0 aliphatic heterocycles. The highest BCUT2D eigenvalue weighted by Gasteiger charge is 2.60. The van der Waals surface area contributed by atoms with E-state index >= 15 is 0 Å². The minimum atomic E-state index is 0.651. The van der Waals surface area contributed by atoms with E-state index in [0.29, 0.717) is 10.8 Å². The van der Waals surface area contributed by atoms with Gasteiger partial charge in [-0.2, -0.15) is 0 Å². The predicted octanol–water partition coefficient (Wildman–Crippen LogP) is 8.04. The van der Waals surface area contributed by atoms with Crippen molar-refractivity contribution < 1.29 is 0 Å². The van der Waals surface area contributed by atoms with Crippen molar-refractivity contribution >= 4 is 0 Å². The monoisotopic (exact) mass is 415 g/mol. The largest absolute Gasteiger partial charge is 0.306 e. The molecule has 4 saturated carbocycles. The maximum absolute atomic E-state index is 2.75. The van der Waals surface area contributed by atoms with Gasteiger partial charge in [0.1, 0.15) is 0 Å². The molecule has 0 saturated heterocycles. The number of nitrogens with zero attached hydrogens (tertiary/aromatic N) is 1. The van der Waals surface area contributed by atoms with E-state index in [1.807, 2.05) is 0 Å². The van der Waals surface area contributed by atoms with Crippen molar-refractivity contribution in [1.82, 2.24) is 4.90 Å². The molecule has 4 aliphatic rings. The van der Waals surface area contributed by atoms with Crippen LogP contribution in [0.4, 0.5) is 0 Å². The summed E-state index contributed by atoms with van der Waals surface area (Å²) in [6.07, 6.45) is 18.0. The Morgan fingerprint density at radius 2 is 1.50 bits per heavy atom. The van der Waals surface area contributed by atoms with Crippen molar-refractivity contribution in [3.8, 4) is 0 Å². The van der Waals surface area contributed by atoms with Gasteiger partial charge in [0.2, 0.25) is 0 Å². The molecule has 0 spiro atoms. The standard InChI is InChI=1S/C29H53N/c1-20(2)9-8-10-21(3)25-13-14-26-24-12-11-22-19-23(30(6)7)15-17-28(22,4)27(24)16-18-29(25,26)5/h20-27H,8-19H2,1-7H3/t21-,22+,23?,24-,25-,26-,27-,28-,29+/m0/s1. The Morgan fingerprint density at radius 1 is 0.800 bits per heavy atom. The molecular weight excluding hydrogens is 362 g/mol. The van der Waals surface area contributed by atoms with Gasteiger partial charge in [0.25, 0.3) is 0 Å². The molecule has 4 rings (SSSR count). The first kappa shape index (κ1) is 23.1. The van der Waals surface area contributed by atoms with E-state index < -0.39 is 0 Å². The third kappa shape index (κ3) is 3.92. The smallest absolute Gasteiger partial charge is 0.00922 e. The average molecular weight is 416 g/mol. The second-order valence-electron chi connectivity index (χ2n) is 13.6. The first-order valence-electron chi connectivity index (χ1n) is 13.8. The fourth-order valence-electron chi connectivity index (χ4n) is 9.73. The van der Waals surface area contributed by atoms with Gasteiger partial charge in [-0.05, 0) is 124 Å². The van der Waals surface area contributed by atoms with Crippen molar-refractivity contribution in [3.63, 3.8) is 0 Å². The molecule has 9 atom stereocenters. The summed E-state index contributed by atoms with van der Waals surface area (Å²) in [6, 6.07) is 0.844. The second-order valence-corrected chi connectivity index (χ2v) is 13.6. The van der Waals surface area contributed by atoms with Crippen LogP contribution < -0.4 is 0 Å². The molecule has 0 amide bonds. The van der Waals surface area contributed by atoms with Crippen LogP contribution in [0.15, 0.2) is 0 Å². The first-order valence-corrected chi connectivity index (χ1v) is 13.8. The van der Waals surface area contributed by atoms with Crippen molar-refractivity contribution in [2.75, 3.05) is 14.1 Å². The molecule has 4 fully saturated rings. The zero-order chi connectivity index (χ0) is 21.7. The minimum Gasteiger partial charge on any atom is -0.306 e. The maximum atomic E-state index is 2.75. The molecule has 0 N–H and O–H groups in total. The summed E-state index contributed by atoms with van der Waals surface area (Å²) in [6.45, 7) is 12.9. The molecule has 4 aliphatic carbocycles. The highest BCUT2D eigenvalue weighted by Crippen LogP contribution is 2.68. The second kappa shape index (κ2) is 8.72. The van der Waals surface area contributed by atoms with E-state index in [0.717, 1.165) is 47.5 Å². The summed E-state index contributed by atoms with van der Waals surface area (Å²) >= 11 is 0. The molecule has 0 aromatic rings. The number of fused-ring (bicyclic) bond motifs is 5. The Bertz CT molecular complexity index is 581. The SMILES string of the molecule is CC(C)CCC[C@H](C)[C@@H]1CC[C@H]2[C@@H]3CC[C@@H]4CC(N(C)C)CC[C@]4(C)[C@H]3CC[C@@]21C. The zero-order valence-electron chi connectivity index (χ0n) is 21.6. The Kier molecular flexibility index (Phi) is 6.72.